The van der Waals surface area contributed by atoms with E-state index in [0.717, 1.165) is 23.0 Å². The summed E-state index contributed by atoms with van der Waals surface area (Å²) in [5.41, 5.74) is 4.64. The molecule has 118 valence electrons. The zero-order valence-corrected chi connectivity index (χ0v) is 14.2. The number of nitrogens with zero attached hydrogens (tertiary/aromatic N) is 3. The summed E-state index contributed by atoms with van der Waals surface area (Å²) in [6.45, 7) is 10.9. The van der Waals surface area contributed by atoms with Gasteiger partial charge in [0.05, 0.1) is 0 Å². The van der Waals surface area contributed by atoms with Gasteiger partial charge in [0.2, 0.25) is 0 Å². The topological polar surface area (TPSA) is 53.1 Å². The number of piperidine rings is 1. The van der Waals surface area contributed by atoms with Crippen LogP contribution in [0.1, 0.15) is 64.3 Å². The molecule has 0 radical (unpaired) electrons. The summed E-state index contributed by atoms with van der Waals surface area (Å²) < 4.78 is 0. The third kappa shape index (κ3) is 3.46. The van der Waals surface area contributed by atoms with E-state index in [9.17, 15) is 0 Å². The summed E-state index contributed by atoms with van der Waals surface area (Å²) in [5, 5.41) is 5.53. The van der Waals surface area contributed by atoms with Crippen LogP contribution in [-0.2, 0) is 0 Å². The molecule has 1 fully saturated rings. The van der Waals surface area contributed by atoms with Crippen molar-refractivity contribution < 1.29 is 0 Å². The van der Waals surface area contributed by atoms with Crippen molar-refractivity contribution in [3.05, 3.63) is 11.4 Å². The first-order valence-electron chi connectivity index (χ1n) is 8.05. The highest BCUT2D eigenvalue weighted by atomic mass is 15.5. The Morgan fingerprint density at radius 2 is 1.67 bits per heavy atom. The van der Waals surface area contributed by atoms with E-state index in [1.807, 2.05) is 7.05 Å². The fourth-order valence-corrected chi connectivity index (χ4v) is 2.91. The van der Waals surface area contributed by atoms with Crippen LogP contribution in [-0.4, -0.2) is 34.1 Å². The maximum Gasteiger partial charge on any atom is 0.149 e. The van der Waals surface area contributed by atoms with E-state index in [-0.39, 0.29) is 0 Å². The molecule has 2 rings (SSSR count). The van der Waals surface area contributed by atoms with Gasteiger partial charge in [0.25, 0.3) is 0 Å². The molecule has 0 spiro atoms. The maximum absolute atomic E-state index is 4.74. The zero-order valence-electron chi connectivity index (χ0n) is 14.2. The number of rotatable bonds is 4. The Labute approximate surface area is 128 Å². The first-order valence-corrected chi connectivity index (χ1v) is 8.05. The standard InChI is InChI=1S/C16H29N5/c1-10(2)14-18-15(17-6)13(5)16(19-14)20-21-11(3)8-7-9-12(21)4/h10-12H,7-9H2,1-6H3,(H2,17,18,19,20). The van der Waals surface area contributed by atoms with Crippen LogP contribution in [0.25, 0.3) is 0 Å². The monoisotopic (exact) mass is 291 g/mol. The van der Waals surface area contributed by atoms with Gasteiger partial charge in [-0.1, -0.05) is 20.3 Å². The van der Waals surface area contributed by atoms with Gasteiger partial charge in [-0.05, 0) is 33.6 Å². The molecule has 0 aromatic carbocycles. The van der Waals surface area contributed by atoms with Gasteiger partial charge in [0.1, 0.15) is 17.5 Å². The lowest BCUT2D eigenvalue weighted by Gasteiger charge is -2.39. The maximum atomic E-state index is 4.74. The first kappa shape index (κ1) is 16.0. The van der Waals surface area contributed by atoms with Crippen molar-refractivity contribution in [2.45, 2.75) is 71.9 Å². The van der Waals surface area contributed by atoms with E-state index < -0.39 is 0 Å². The van der Waals surface area contributed by atoms with Gasteiger partial charge in [0.15, 0.2) is 0 Å². The Morgan fingerprint density at radius 1 is 1.10 bits per heavy atom. The van der Waals surface area contributed by atoms with E-state index in [4.69, 9.17) is 4.98 Å². The number of aromatic nitrogens is 2. The Hall–Kier alpha value is -1.36. The largest absolute Gasteiger partial charge is 0.373 e. The quantitative estimate of drug-likeness (QED) is 0.888. The highest BCUT2D eigenvalue weighted by molar-refractivity contribution is 5.56. The average molecular weight is 291 g/mol. The number of hydrazine groups is 1. The number of hydrogen-bond donors (Lipinski definition) is 2. The van der Waals surface area contributed by atoms with Crippen LogP contribution in [0.15, 0.2) is 0 Å². The van der Waals surface area contributed by atoms with E-state index in [2.05, 4.69) is 55.4 Å². The minimum atomic E-state index is 0.314. The fraction of sp³-hybridized carbons (Fsp3) is 0.750. The van der Waals surface area contributed by atoms with Crippen molar-refractivity contribution in [1.29, 1.82) is 0 Å². The molecule has 0 bridgehead atoms. The molecule has 1 aliphatic rings. The second-order valence-corrected chi connectivity index (χ2v) is 6.46. The van der Waals surface area contributed by atoms with Crippen molar-refractivity contribution in [3.8, 4) is 0 Å². The molecule has 2 N–H and O–H groups in total. The third-order valence-electron chi connectivity index (χ3n) is 4.34. The molecule has 0 saturated carbocycles. The number of nitrogens with one attached hydrogen (secondary N) is 2. The summed E-state index contributed by atoms with van der Waals surface area (Å²) in [4.78, 5) is 9.34. The first-order chi connectivity index (χ1) is 9.93. The minimum Gasteiger partial charge on any atom is -0.373 e. The Kier molecular flexibility index (Phi) is 5.04. The SMILES string of the molecule is CNc1nc(C(C)C)nc(NN2C(C)CCCC2C)c1C. The van der Waals surface area contributed by atoms with Crippen LogP contribution in [0.2, 0.25) is 0 Å². The van der Waals surface area contributed by atoms with Gasteiger partial charge >= 0.3 is 0 Å². The third-order valence-corrected chi connectivity index (χ3v) is 4.34. The lowest BCUT2D eigenvalue weighted by atomic mass is 10.00. The molecule has 2 heterocycles. The molecule has 21 heavy (non-hydrogen) atoms. The number of anilines is 2. The van der Waals surface area contributed by atoms with Gasteiger partial charge in [-0.15, -0.1) is 0 Å². The second kappa shape index (κ2) is 6.60. The van der Waals surface area contributed by atoms with Crippen molar-refractivity contribution in [3.63, 3.8) is 0 Å². The lowest BCUT2D eigenvalue weighted by Crippen LogP contribution is -2.47. The van der Waals surface area contributed by atoms with Crippen molar-refractivity contribution >= 4 is 11.6 Å². The van der Waals surface area contributed by atoms with Crippen LogP contribution < -0.4 is 10.7 Å². The molecule has 1 aromatic rings. The van der Waals surface area contributed by atoms with Crippen molar-refractivity contribution in [1.82, 2.24) is 15.0 Å². The van der Waals surface area contributed by atoms with Crippen LogP contribution in [0.3, 0.4) is 0 Å². The molecule has 5 nitrogen and oxygen atoms in total. The van der Waals surface area contributed by atoms with E-state index in [0.29, 0.717) is 18.0 Å². The van der Waals surface area contributed by atoms with Gasteiger partial charge in [-0.2, -0.15) is 0 Å². The van der Waals surface area contributed by atoms with Gasteiger partial charge in [-0.25, -0.2) is 15.0 Å². The molecule has 1 saturated heterocycles. The second-order valence-electron chi connectivity index (χ2n) is 6.46. The predicted octanol–water partition coefficient (Wildman–Crippen LogP) is 3.54. The predicted molar refractivity (Wildman–Crippen MR) is 88.6 cm³/mol. The normalized spacial score (nSPS) is 23.4. The summed E-state index contributed by atoms with van der Waals surface area (Å²) in [5.74, 6) is 3.03. The molecule has 2 unspecified atom stereocenters. The van der Waals surface area contributed by atoms with Crippen molar-refractivity contribution in [2.24, 2.45) is 0 Å². The zero-order chi connectivity index (χ0) is 15.6. The van der Waals surface area contributed by atoms with Crippen LogP contribution in [0.5, 0.6) is 0 Å². The summed E-state index contributed by atoms with van der Waals surface area (Å²) >= 11 is 0. The highest BCUT2D eigenvalue weighted by Crippen LogP contribution is 2.27. The molecule has 5 heteroatoms. The fourth-order valence-electron chi connectivity index (χ4n) is 2.91. The van der Waals surface area contributed by atoms with Crippen LogP contribution >= 0.6 is 0 Å². The van der Waals surface area contributed by atoms with Gasteiger partial charge in [-0.3, -0.25) is 0 Å². The summed E-state index contributed by atoms with van der Waals surface area (Å²) in [7, 11) is 1.91. The molecule has 0 aliphatic carbocycles. The number of hydrogen-bond acceptors (Lipinski definition) is 5. The van der Waals surface area contributed by atoms with Crippen molar-refractivity contribution in [2.75, 3.05) is 17.8 Å². The van der Waals surface area contributed by atoms with E-state index in [1.54, 1.807) is 0 Å². The van der Waals surface area contributed by atoms with Gasteiger partial charge < -0.3 is 10.7 Å². The molecule has 1 aromatic heterocycles. The highest BCUT2D eigenvalue weighted by Gasteiger charge is 2.26. The van der Waals surface area contributed by atoms with E-state index in [1.165, 1.54) is 19.3 Å². The lowest BCUT2D eigenvalue weighted by molar-refractivity contribution is 0.135. The van der Waals surface area contributed by atoms with Crippen LogP contribution in [0, 0.1) is 6.92 Å². The molecular weight excluding hydrogens is 262 g/mol. The smallest absolute Gasteiger partial charge is 0.149 e. The molecule has 1 aliphatic heterocycles. The van der Waals surface area contributed by atoms with Gasteiger partial charge in [0, 0.05) is 30.6 Å². The summed E-state index contributed by atoms with van der Waals surface area (Å²) in [6.07, 6.45) is 3.77. The molecular formula is C16H29N5. The Morgan fingerprint density at radius 3 is 2.19 bits per heavy atom. The average Bonchev–Trinajstić information content (AvgIpc) is 2.44. The Bertz CT molecular complexity index is 476. The minimum absolute atomic E-state index is 0.314. The Balaban J connectivity index is 2.31. The van der Waals surface area contributed by atoms with Crippen LogP contribution in [0.4, 0.5) is 11.6 Å². The summed E-state index contributed by atoms with van der Waals surface area (Å²) in [6, 6.07) is 1.06. The van der Waals surface area contributed by atoms with E-state index >= 15 is 0 Å². The molecule has 0 amide bonds. The molecule has 2 atom stereocenters.